The minimum absolute atomic E-state index is 0.0471. The largest absolute Gasteiger partial charge is 0.458 e. The van der Waals surface area contributed by atoms with Crippen LogP contribution >= 0.6 is 11.3 Å². The number of ether oxygens (including phenoxy) is 5. The number of Topliss-reactive ketones (excluding diaryl/α,β-unsaturated/α-hetero) is 2. The molecule has 2 aromatic heterocycles. The molecule has 19 heteroatoms. The first kappa shape index (κ1) is 47.0. The molecular formula is C41H61N7O11S. The Hall–Kier alpha value is -4.01. The van der Waals surface area contributed by atoms with Gasteiger partial charge in [0.2, 0.25) is 0 Å². The SMILES string of the molecule is CC[C@@H]1OC(=O)[C@H](C)C(=O)[C@H](C)[C@@H](OC2O[C@H](C)C[C@H](N(C)C)[C@H]2O)[C@](C)(OC)C[C@@H](C)C(=O)[C@H](C)[C@H]2[C@H](/C(N)=N/OC(C)c3nnc(-c4ncccn4)s3)C(=O)O[C@@]21C. The number of oxime groups is 1. The van der Waals surface area contributed by atoms with Crippen LogP contribution in [0.25, 0.3) is 10.8 Å². The Balaban J connectivity index is 1.51. The zero-order valence-corrected chi connectivity index (χ0v) is 37.4. The van der Waals surface area contributed by atoms with Crippen molar-refractivity contribution in [1.82, 2.24) is 25.1 Å². The maximum absolute atomic E-state index is 14.8. The number of hydrogen-bond donors (Lipinski definition) is 2. The average molecular weight is 860 g/mol. The van der Waals surface area contributed by atoms with Crippen molar-refractivity contribution in [2.75, 3.05) is 21.2 Å². The quantitative estimate of drug-likeness (QED) is 0.114. The fourth-order valence-electron chi connectivity index (χ4n) is 9.08. The molecule has 0 saturated carbocycles. The van der Waals surface area contributed by atoms with Crippen molar-refractivity contribution in [3.8, 4) is 10.8 Å². The number of fused-ring (bicyclic) bond motifs is 1. The van der Waals surface area contributed by atoms with Crippen molar-refractivity contribution in [2.24, 2.45) is 46.4 Å². The van der Waals surface area contributed by atoms with E-state index >= 15 is 0 Å². The van der Waals surface area contributed by atoms with Crippen molar-refractivity contribution in [2.45, 2.75) is 136 Å². The van der Waals surface area contributed by atoms with Gasteiger partial charge in [0.25, 0.3) is 0 Å². The number of carbonyl (C=O) groups is 4. The highest BCUT2D eigenvalue weighted by Gasteiger charge is 2.62. The van der Waals surface area contributed by atoms with E-state index in [1.165, 1.54) is 25.4 Å². The lowest BCUT2D eigenvalue weighted by Crippen LogP contribution is -2.59. The van der Waals surface area contributed by atoms with Gasteiger partial charge in [0.05, 0.1) is 17.8 Å². The molecule has 18 nitrogen and oxygen atoms in total. The van der Waals surface area contributed by atoms with Crippen molar-refractivity contribution in [3.63, 3.8) is 0 Å². The van der Waals surface area contributed by atoms with Gasteiger partial charge in [-0.15, -0.1) is 10.2 Å². The molecule has 5 heterocycles. The van der Waals surface area contributed by atoms with Crippen LogP contribution in [-0.2, 0) is 47.7 Å². The van der Waals surface area contributed by atoms with Crippen LogP contribution in [0.5, 0.6) is 0 Å². The molecule has 332 valence electrons. The van der Waals surface area contributed by atoms with E-state index in [0.717, 1.165) is 0 Å². The van der Waals surface area contributed by atoms with Gasteiger partial charge in [-0.05, 0) is 74.0 Å². The van der Waals surface area contributed by atoms with Gasteiger partial charge in [-0.2, -0.15) is 0 Å². The van der Waals surface area contributed by atoms with E-state index in [9.17, 15) is 24.3 Å². The molecule has 3 saturated heterocycles. The highest BCUT2D eigenvalue weighted by atomic mass is 32.1. The number of rotatable bonds is 10. The Morgan fingerprint density at radius 3 is 2.33 bits per heavy atom. The fraction of sp³-hybridized carbons (Fsp3) is 0.732. The van der Waals surface area contributed by atoms with Gasteiger partial charge in [-0.1, -0.05) is 44.2 Å². The van der Waals surface area contributed by atoms with Crippen LogP contribution in [0.4, 0.5) is 0 Å². The van der Waals surface area contributed by atoms with Crippen molar-refractivity contribution < 1.29 is 52.8 Å². The number of nitrogens with two attached hydrogens (primary N) is 1. The van der Waals surface area contributed by atoms with E-state index in [1.54, 1.807) is 66.9 Å². The van der Waals surface area contributed by atoms with Gasteiger partial charge >= 0.3 is 11.9 Å². The molecule has 0 aliphatic carbocycles. The summed E-state index contributed by atoms with van der Waals surface area (Å²) in [5.74, 6) is -8.56. The van der Waals surface area contributed by atoms with Crippen molar-refractivity contribution in [1.29, 1.82) is 0 Å². The summed E-state index contributed by atoms with van der Waals surface area (Å²) in [6.45, 7) is 15.1. The second kappa shape index (κ2) is 18.9. The fourth-order valence-corrected chi connectivity index (χ4v) is 9.85. The summed E-state index contributed by atoms with van der Waals surface area (Å²) in [4.78, 5) is 73.2. The number of amidine groups is 1. The summed E-state index contributed by atoms with van der Waals surface area (Å²) in [5, 5.41) is 24.9. The average Bonchev–Trinajstić information content (AvgIpc) is 3.83. The van der Waals surface area contributed by atoms with Crippen molar-refractivity contribution >= 4 is 40.7 Å². The number of nitrogens with zero attached hydrogens (tertiary/aromatic N) is 6. The number of aliphatic hydroxyl groups excluding tert-OH is 1. The summed E-state index contributed by atoms with van der Waals surface area (Å²) in [6, 6.07) is 1.37. The number of cyclic esters (lactones) is 1. The number of hydrogen-bond acceptors (Lipinski definition) is 18. The van der Waals surface area contributed by atoms with Crippen LogP contribution in [0, 0.1) is 35.5 Å². The van der Waals surface area contributed by atoms with Crippen LogP contribution in [0.15, 0.2) is 23.6 Å². The van der Waals surface area contributed by atoms with E-state index in [-0.39, 0.29) is 36.6 Å². The normalized spacial score (nSPS) is 37.9. The second-order valence-corrected chi connectivity index (χ2v) is 18.1. The van der Waals surface area contributed by atoms with Crippen LogP contribution < -0.4 is 5.73 Å². The number of aromatic nitrogens is 4. The van der Waals surface area contributed by atoms with Gasteiger partial charge < -0.3 is 44.3 Å². The molecule has 0 radical (unpaired) electrons. The van der Waals surface area contributed by atoms with Crippen LogP contribution in [0.1, 0.15) is 92.7 Å². The third-order valence-corrected chi connectivity index (χ3v) is 13.6. The van der Waals surface area contributed by atoms with E-state index in [0.29, 0.717) is 22.3 Å². The summed E-state index contributed by atoms with van der Waals surface area (Å²) < 4.78 is 31.1. The van der Waals surface area contributed by atoms with Crippen LogP contribution in [0.2, 0.25) is 0 Å². The lowest BCUT2D eigenvalue weighted by Gasteiger charge is -2.47. The van der Waals surface area contributed by atoms with Crippen molar-refractivity contribution in [3.05, 3.63) is 23.5 Å². The van der Waals surface area contributed by atoms with E-state index < -0.39 is 95.1 Å². The highest BCUT2D eigenvalue weighted by Crippen LogP contribution is 2.48. The molecule has 3 N–H and O–H groups in total. The maximum atomic E-state index is 14.8. The molecule has 3 aliphatic heterocycles. The number of esters is 2. The third kappa shape index (κ3) is 9.40. The maximum Gasteiger partial charge on any atom is 0.317 e. The molecule has 3 fully saturated rings. The predicted molar refractivity (Wildman–Crippen MR) is 218 cm³/mol. The van der Waals surface area contributed by atoms with Crippen LogP contribution in [0.3, 0.4) is 0 Å². The predicted octanol–water partition coefficient (Wildman–Crippen LogP) is 3.52. The standard InChI is InChI=1S/C41H61N7O11S/c1-13-26-41(9)28(27(38(53)58-41)33(42)47-59-24(7)35-45-46-36(60-35)34-43-15-14-16-44-34)21(4)29(49)19(2)18-40(8,54-12)32(22(5)30(50)23(6)37(52)56-26)57-39-31(51)25(48(10)11)17-20(3)55-39/h14-16,19-28,31-32,39,51H,13,17-18H2,1-12H3,(H2,42,47)/t19-,20-,21-,22+,23-,24?,25+,26+,27-,28+,31-,32-,39?,40-,41-/m1/s1. The number of likely N-dealkylation sites (N-methyl/N-ethyl adjacent to an activating group) is 1. The molecular weight excluding hydrogens is 799 g/mol. The molecule has 5 rings (SSSR count). The molecule has 15 atom stereocenters. The monoisotopic (exact) mass is 859 g/mol. The second-order valence-electron chi connectivity index (χ2n) is 17.1. The number of methoxy groups -OCH3 is 1. The minimum atomic E-state index is -1.58. The first-order valence-electron chi connectivity index (χ1n) is 20.5. The first-order valence-corrected chi connectivity index (χ1v) is 21.3. The molecule has 0 amide bonds. The van der Waals surface area contributed by atoms with E-state index in [2.05, 4.69) is 25.3 Å². The topological polar surface area (TPSA) is 237 Å². The summed E-state index contributed by atoms with van der Waals surface area (Å²) >= 11 is 1.20. The van der Waals surface area contributed by atoms with E-state index in [4.69, 9.17) is 34.3 Å². The number of carbonyl (C=O) groups excluding carboxylic acids is 4. The lowest BCUT2D eigenvalue weighted by molar-refractivity contribution is -0.295. The Kier molecular flexibility index (Phi) is 14.9. The molecule has 0 bridgehead atoms. The van der Waals surface area contributed by atoms with Gasteiger partial charge in [0.1, 0.15) is 29.8 Å². The Morgan fingerprint density at radius 2 is 1.72 bits per heavy atom. The summed E-state index contributed by atoms with van der Waals surface area (Å²) in [6.07, 6.45) is -1.56. The third-order valence-electron chi connectivity index (χ3n) is 12.5. The molecule has 60 heavy (non-hydrogen) atoms. The molecule has 0 spiro atoms. The van der Waals surface area contributed by atoms with Gasteiger partial charge in [0, 0.05) is 49.2 Å². The Morgan fingerprint density at radius 1 is 1.05 bits per heavy atom. The first-order chi connectivity index (χ1) is 28.2. The molecule has 2 aromatic rings. The van der Waals surface area contributed by atoms with Gasteiger partial charge in [-0.3, -0.25) is 19.2 Å². The van der Waals surface area contributed by atoms with E-state index in [1.807, 2.05) is 25.9 Å². The van der Waals surface area contributed by atoms with Gasteiger partial charge in [-0.25, -0.2) is 9.97 Å². The number of aliphatic hydroxyl groups is 1. The molecule has 2 unspecified atom stereocenters. The van der Waals surface area contributed by atoms with Crippen LogP contribution in [-0.4, -0.2) is 129 Å². The lowest BCUT2D eigenvalue weighted by atomic mass is 9.67. The minimum Gasteiger partial charge on any atom is -0.458 e. The highest BCUT2D eigenvalue weighted by molar-refractivity contribution is 7.14. The summed E-state index contributed by atoms with van der Waals surface area (Å²) in [7, 11) is 5.16. The molecule has 0 aromatic carbocycles. The molecule has 3 aliphatic rings. The smallest absolute Gasteiger partial charge is 0.317 e. The van der Waals surface area contributed by atoms with Gasteiger partial charge in [0.15, 0.2) is 45.5 Å². The Bertz CT molecular complexity index is 1880. The summed E-state index contributed by atoms with van der Waals surface area (Å²) in [5.41, 5.74) is 3.66. The zero-order chi connectivity index (χ0) is 44.4. The Labute approximate surface area is 355 Å². The number of ketones is 2. The zero-order valence-electron chi connectivity index (χ0n) is 36.6.